The molecule has 0 heterocycles. The molecule has 0 aliphatic heterocycles. The van der Waals surface area contributed by atoms with Gasteiger partial charge in [0.05, 0.1) is 12.5 Å². The maximum atomic E-state index is 11.3. The van der Waals surface area contributed by atoms with Crippen LogP contribution in [0, 0.1) is 23.7 Å². The number of carbonyl (C=O) groups excluding carboxylic acids is 1. The van der Waals surface area contributed by atoms with Gasteiger partial charge in [-0.05, 0) is 49.9 Å². The molecule has 3 aliphatic carbocycles. The number of esters is 1. The minimum atomic E-state index is 0.0766. The van der Waals surface area contributed by atoms with Crippen molar-refractivity contribution in [2.45, 2.75) is 38.5 Å². The summed E-state index contributed by atoms with van der Waals surface area (Å²) in [6.07, 6.45) is 7.67. The highest BCUT2D eigenvalue weighted by molar-refractivity contribution is 5.74. The topological polar surface area (TPSA) is 26.3 Å². The van der Waals surface area contributed by atoms with Crippen molar-refractivity contribution in [3.63, 3.8) is 0 Å². The van der Waals surface area contributed by atoms with Crippen LogP contribution in [0.15, 0.2) is 0 Å². The van der Waals surface area contributed by atoms with Crippen LogP contribution in [0.25, 0.3) is 0 Å². The molecule has 0 spiro atoms. The molecule has 3 saturated carbocycles. The molecule has 0 aromatic heterocycles. The average molecular weight is 194 g/mol. The van der Waals surface area contributed by atoms with Gasteiger partial charge in [-0.3, -0.25) is 4.79 Å². The molecular formula is C12H18O2. The molecule has 3 unspecified atom stereocenters. The summed E-state index contributed by atoms with van der Waals surface area (Å²) in [5, 5.41) is 0. The van der Waals surface area contributed by atoms with E-state index in [-0.39, 0.29) is 11.9 Å². The summed E-state index contributed by atoms with van der Waals surface area (Å²) >= 11 is 0. The van der Waals surface area contributed by atoms with E-state index in [1.165, 1.54) is 25.7 Å². The monoisotopic (exact) mass is 194 g/mol. The van der Waals surface area contributed by atoms with Crippen LogP contribution in [-0.2, 0) is 9.53 Å². The van der Waals surface area contributed by atoms with E-state index in [2.05, 4.69) is 0 Å². The predicted molar refractivity (Wildman–Crippen MR) is 52.6 cm³/mol. The highest BCUT2D eigenvalue weighted by atomic mass is 16.5. The van der Waals surface area contributed by atoms with Gasteiger partial charge in [0.2, 0.25) is 0 Å². The molecule has 2 nitrogen and oxygen atoms in total. The molecule has 0 aromatic rings. The Balaban J connectivity index is 1.46. The minimum Gasteiger partial charge on any atom is -0.465 e. The summed E-state index contributed by atoms with van der Waals surface area (Å²) in [5.41, 5.74) is 0. The third kappa shape index (κ3) is 1.55. The number of fused-ring (bicyclic) bond motifs is 2. The third-order valence-electron chi connectivity index (χ3n) is 4.23. The first-order valence-corrected chi connectivity index (χ1v) is 5.99. The second-order valence-corrected chi connectivity index (χ2v) is 5.34. The van der Waals surface area contributed by atoms with Crippen LogP contribution in [0.2, 0.25) is 0 Å². The lowest BCUT2D eigenvalue weighted by atomic mass is 9.90. The molecule has 0 N–H and O–H groups in total. The fraction of sp³-hybridized carbons (Fsp3) is 0.917. The second-order valence-electron chi connectivity index (χ2n) is 5.34. The molecule has 78 valence electrons. The zero-order valence-electron chi connectivity index (χ0n) is 8.58. The number of ether oxygens (including phenoxy) is 1. The lowest BCUT2D eigenvalue weighted by Gasteiger charge is -2.20. The maximum Gasteiger partial charge on any atom is 0.308 e. The highest BCUT2D eigenvalue weighted by Crippen LogP contribution is 2.48. The summed E-state index contributed by atoms with van der Waals surface area (Å²) in [6.45, 7) is 0.719. The predicted octanol–water partition coefficient (Wildman–Crippen LogP) is 2.38. The van der Waals surface area contributed by atoms with Crippen molar-refractivity contribution < 1.29 is 9.53 Å². The van der Waals surface area contributed by atoms with Crippen molar-refractivity contribution in [3.05, 3.63) is 0 Å². The van der Waals surface area contributed by atoms with E-state index in [0.29, 0.717) is 5.92 Å². The Hall–Kier alpha value is -0.530. The molecule has 3 atom stereocenters. The quantitative estimate of drug-likeness (QED) is 0.645. The largest absolute Gasteiger partial charge is 0.465 e. The van der Waals surface area contributed by atoms with Crippen molar-refractivity contribution >= 4 is 5.97 Å². The highest BCUT2D eigenvalue weighted by Gasteiger charge is 2.40. The molecule has 3 aliphatic rings. The Bertz CT molecular complexity index is 245. The molecule has 14 heavy (non-hydrogen) atoms. The van der Waals surface area contributed by atoms with E-state index in [1.807, 2.05) is 0 Å². The molecule has 2 bridgehead atoms. The minimum absolute atomic E-state index is 0.0766. The van der Waals surface area contributed by atoms with Crippen LogP contribution in [0.1, 0.15) is 38.5 Å². The summed E-state index contributed by atoms with van der Waals surface area (Å²) in [4.78, 5) is 11.3. The van der Waals surface area contributed by atoms with Crippen molar-refractivity contribution in [2.24, 2.45) is 23.7 Å². The third-order valence-corrected chi connectivity index (χ3v) is 4.23. The van der Waals surface area contributed by atoms with Gasteiger partial charge in [-0.2, -0.15) is 0 Å². The molecule has 0 amide bonds. The van der Waals surface area contributed by atoms with Crippen LogP contribution in [-0.4, -0.2) is 12.6 Å². The van der Waals surface area contributed by atoms with Crippen LogP contribution >= 0.6 is 0 Å². The van der Waals surface area contributed by atoms with Crippen LogP contribution < -0.4 is 0 Å². The lowest BCUT2D eigenvalue weighted by Crippen LogP contribution is -2.19. The van der Waals surface area contributed by atoms with Gasteiger partial charge in [-0.1, -0.05) is 6.42 Å². The van der Waals surface area contributed by atoms with Crippen molar-refractivity contribution in [3.8, 4) is 0 Å². The molecule has 3 rings (SSSR count). The number of hydrogen-bond donors (Lipinski definition) is 0. The van der Waals surface area contributed by atoms with Gasteiger partial charge < -0.3 is 4.74 Å². The molecular weight excluding hydrogens is 176 g/mol. The fourth-order valence-electron chi connectivity index (χ4n) is 3.21. The number of hydrogen-bond acceptors (Lipinski definition) is 2. The van der Waals surface area contributed by atoms with Crippen molar-refractivity contribution in [1.82, 2.24) is 0 Å². The number of rotatable bonds is 3. The summed E-state index contributed by atoms with van der Waals surface area (Å²) < 4.78 is 5.36. The number of carbonyl (C=O) groups is 1. The first-order chi connectivity index (χ1) is 6.83. The Morgan fingerprint density at radius 2 is 2.00 bits per heavy atom. The molecule has 3 fully saturated rings. The molecule has 0 aromatic carbocycles. The fourth-order valence-corrected chi connectivity index (χ4v) is 3.21. The van der Waals surface area contributed by atoms with Gasteiger partial charge >= 0.3 is 5.97 Å². The standard InChI is InChI=1S/C12H18O2/c13-12(9-3-4-9)14-7-11-6-8-1-2-10(11)5-8/h8-11H,1-7H2. The van der Waals surface area contributed by atoms with Gasteiger partial charge in [-0.25, -0.2) is 0 Å². The van der Waals surface area contributed by atoms with Crippen molar-refractivity contribution in [1.29, 1.82) is 0 Å². The maximum absolute atomic E-state index is 11.3. The average Bonchev–Trinajstić information content (AvgIpc) is 2.85. The Morgan fingerprint density at radius 1 is 1.14 bits per heavy atom. The lowest BCUT2D eigenvalue weighted by molar-refractivity contribution is -0.147. The zero-order valence-corrected chi connectivity index (χ0v) is 8.58. The Kier molecular flexibility index (Phi) is 2.03. The first kappa shape index (κ1) is 8.75. The van der Waals surface area contributed by atoms with Crippen LogP contribution in [0.4, 0.5) is 0 Å². The Morgan fingerprint density at radius 3 is 2.57 bits per heavy atom. The van der Waals surface area contributed by atoms with Gasteiger partial charge in [-0.15, -0.1) is 0 Å². The van der Waals surface area contributed by atoms with Crippen LogP contribution in [0.3, 0.4) is 0 Å². The van der Waals surface area contributed by atoms with Gasteiger partial charge in [0.15, 0.2) is 0 Å². The van der Waals surface area contributed by atoms with Gasteiger partial charge in [0, 0.05) is 0 Å². The molecule has 0 saturated heterocycles. The van der Waals surface area contributed by atoms with E-state index < -0.39 is 0 Å². The SMILES string of the molecule is O=C(OCC1CC2CCC1C2)C1CC1. The first-order valence-electron chi connectivity index (χ1n) is 5.99. The smallest absolute Gasteiger partial charge is 0.308 e. The van der Waals surface area contributed by atoms with E-state index in [0.717, 1.165) is 31.3 Å². The van der Waals surface area contributed by atoms with Crippen molar-refractivity contribution in [2.75, 3.05) is 6.61 Å². The van der Waals surface area contributed by atoms with Gasteiger partial charge in [0.1, 0.15) is 0 Å². The van der Waals surface area contributed by atoms with Crippen LogP contribution in [0.5, 0.6) is 0 Å². The van der Waals surface area contributed by atoms with E-state index in [4.69, 9.17) is 4.74 Å². The summed E-state index contributed by atoms with van der Waals surface area (Å²) in [6, 6.07) is 0. The summed E-state index contributed by atoms with van der Waals surface area (Å²) in [7, 11) is 0. The molecule has 0 radical (unpaired) electrons. The zero-order chi connectivity index (χ0) is 9.54. The second kappa shape index (κ2) is 3.25. The Labute approximate surface area is 85.0 Å². The summed E-state index contributed by atoms with van der Waals surface area (Å²) in [5.74, 6) is 2.90. The normalized spacial score (nSPS) is 40.1. The van der Waals surface area contributed by atoms with Gasteiger partial charge in [0.25, 0.3) is 0 Å². The van der Waals surface area contributed by atoms with E-state index in [9.17, 15) is 4.79 Å². The molecule has 2 heteroatoms. The van der Waals surface area contributed by atoms with E-state index >= 15 is 0 Å². The van der Waals surface area contributed by atoms with E-state index in [1.54, 1.807) is 0 Å².